The maximum Gasteiger partial charge on any atom is 0.237 e. The van der Waals surface area contributed by atoms with E-state index < -0.39 is 12.1 Å². The van der Waals surface area contributed by atoms with Crippen LogP contribution in [0.2, 0.25) is 5.02 Å². The minimum absolute atomic E-state index is 0.118. The molecule has 0 bridgehead atoms. The number of nitrogens with zero attached hydrogens (tertiary/aromatic N) is 1. The molecule has 2 rings (SSSR count). The summed E-state index contributed by atoms with van der Waals surface area (Å²) in [4.78, 5) is 24.6. The Kier molecular flexibility index (Phi) is 8.19. The number of aryl methyl sites for hydroxylation is 2. The van der Waals surface area contributed by atoms with Crippen molar-refractivity contribution in [2.24, 2.45) is 5.73 Å². The van der Waals surface area contributed by atoms with Gasteiger partial charge in [0.1, 0.15) is 0 Å². The average molecular weight is 398 g/mol. The number of carbonyl (C=O) groups is 2. The molecule has 0 aliphatic rings. The fraction of sp³-hybridized carbons (Fsp3) is 0.318. The Balaban J connectivity index is 1.82. The van der Waals surface area contributed by atoms with Crippen molar-refractivity contribution in [3.8, 4) is 6.07 Å². The lowest BCUT2D eigenvalue weighted by Gasteiger charge is -2.17. The van der Waals surface area contributed by atoms with Crippen molar-refractivity contribution in [3.63, 3.8) is 0 Å². The van der Waals surface area contributed by atoms with Crippen molar-refractivity contribution in [1.82, 2.24) is 5.32 Å². The molecule has 0 saturated heterocycles. The van der Waals surface area contributed by atoms with Gasteiger partial charge in [-0.1, -0.05) is 41.9 Å². The second kappa shape index (κ2) is 10.6. The van der Waals surface area contributed by atoms with Crippen molar-refractivity contribution in [1.29, 1.82) is 5.26 Å². The van der Waals surface area contributed by atoms with E-state index in [1.54, 1.807) is 25.1 Å². The van der Waals surface area contributed by atoms with Crippen LogP contribution in [-0.2, 0) is 22.4 Å². The molecule has 2 aromatic carbocycles. The highest BCUT2D eigenvalue weighted by atomic mass is 35.5. The lowest BCUT2D eigenvalue weighted by Crippen LogP contribution is -2.47. The zero-order valence-corrected chi connectivity index (χ0v) is 16.6. The van der Waals surface area contributed by atoms with E-state index in [4.69, 9.17) is 22.6 Å². The van der Waals surface area contributed by atoms with Gasteiger partial charge in [-0.2, -0.15) is 5.26 Å². The Morgan fingerprint density at radius 1 is 1.18 bits per heavy atom. The Morgan fingerprint density at radius 2 is 1.89 bits per heavy atom. The van der Waals surface area contributed by atoms with E-state index in [9.17, 15) is 9.59 Å². The summed E-state index contributed by atoms with van der Waals surface area (Å²) in [6, 6.07) is 15.6. The molecule has 146 valence electrons. The molecule has 3 N–H and O–H groups in total. The highest BCUT2D eigenvalue weighted by Gasteiger charge is 2.20. The summed E-state index contributed by atoms with van der Waals surface area (Å²) in [5.74, 6) is -0.454. The molecule has 5 nitrogen and oxygen atoms in total. The second-order valence-electron chi connectivity index (χ2n) is 6.74. The van der Waals surface area contributed by atoms with Gasteiger partial charge in [0.25, 0.3) is 0 Å². The summed E-state index contributed by atoms with van der Waals surface area (Å²) in [6.07, 6.45) is 1.80. The predicted octanol–water partition coefficient (Wildman–Crippen LogP) is 3.18. The first-order valence-electron chi connectivity index (χ1n) is 9.22. The number of carbonyl (C=O) groups excluding carboxylic acids is 2. The minimum Gasteiger partial charge on any atom is -0.345 e. The molecule has 2 atom stereocenters. The molecule has 0 fully saturated rings. The number of nitriles is 1. The Labute approximate surface area is 170 Å². The zero-order valence-electron chi connectivity index (χ0n) is 15.8. The van der Waals surface area contributed by atoms with E-state index in [0.29, 0.717) is 29.8 Å². The van der Waals surface area contributed by atoms with Crippen LogP contribution < -0.4 is 11.1 Å². The summed E-state index contributed by atoms with van der Waals surface area (Å²) >= 11 is 5.96. The smallest absolute Gasteiger partial charge is 0.237 e. The number of nitrogens with two attached hydrogens (primary N) is 1. The van der Waals surface area contributed by atoms with Gasteiger partial charge in [0.15, 0.2) is 5.78 Å². The van der Waals surface area contributed by atoms with Crippen molar-refractivity contribution in [2.75, 3.05) is 0 Å². The van der Waals surface area contributed by atoms with Crippen LogP contribution in [-0.4, -0.2) is 23.8 Å². The van der Waals surface area contributed by atoms with Gasteiger partial charge in [-0.3, -0.25) is 9.59 Å². The number of Topliss-reactive ketones (excluding diaryl/α,β-unsaturated/α-hetero) is 1. The molecule has 0 aromatic heterocycles. The molecule has 1 amide bonds. The minimum atomic E-state index is -0.673. The Morgan fingerprint density at radius 3 is 2.57 bits per heavy atom. The molecule has 28 heavy (non-hydrogen) atoms. The normalized spacial score (nSPS) is 12.6. The first-order valence-corrected chi connectivity index (χ1v) is 9.59. The van der Waals surface area contributed by atoms with Crippen LogP contribution in [0.3, 0.4) is 0 Å². The Hall–Kier alpha value is -2.68. The number of hydrogen-bond donors (Lipinski definition) is 2. The van der Waals surface area contributed by atoms with E-state index >= 15 is 0 Å². The van der Waals surface area contributed by atoms with E-state index in [1.165, 1.54) is 0 Å². The molecule has 0 spiro atoms. The summed E-state index contributed by atoms with van der Waals surface area (Å²) in [5, 5.41) is 12.4. The first-order chi connectivity index (χ1) is 13.4. The number of benzene rings is 2. The van der Waals surface area contributed by atoms with Gasteiger partial charge in [0, 0.05) is 11.4 Å². The van der Waals surface area contributed by atoms with Gasteiger partial charge < -0.3 is 11.1 Å². The molecule has 2 aromatic rings. The van der Waals surface area contributed by atoms with Crippen LogP contribution in [0.25, 0.3) is 0 Å². The van der Waals surface area contributed by atoms with Gasteiger partial charge in [-0.15, -0.1) is 0 Å². The molecular formula is C22H24ClN3O2. The number of rotatable bonds is 9. The largest absolute Gasteiger partial charge is 0.345 e. The Bertz CT molecular complexity index is 862. The van der Waals surface area contributed by atoms with Gasteiger partial charge in [0.2, 0.25) is 5.91 Å². The highest BCUT2D eigenvalue weighted by Crippen LogP contribution is 2.17. The lowest BCUT2D eigenvalue weighted by molar-refractivity contribution is -0.128. The van der Waals surface area contributed by atoms with Crippen LogP contribution in [0.4, 0.5) is 0 Å². The zero-order chi connectivity index (χ0) is 20.5. The molecule has 0 radical (unpaired) electrons. The van der Waals surface area contributed by atoms with Crippen LogP contribution in [0, 0.1) is 11.3 Å². The van der Waals surface area contributed by atoms with Crippen molar-refractivity contribution < 1.29 is 9.59 Å². The lowest BCUT2D eigenvalue weighted by atomic mass is 10.00. The summed E-state index contributed by atoms with van der Waals surface area (Å²) < 4.78 is 0. The van der Waals surface area contributed by atoms with E-state index in [2.05, 4.69) is 11.4 Å². The number of amides is 1. The summed E-state index contributed by atoms with van der Waals surface area (Å²) in [6.45, 7) is 1.65. The number of nitrogens with one attached hydrogen (secondary N) is 1. The SMILES string of the molecule is C[C@H](NC(=O)[C@H](N)CCc1ccccc1)C(=O)CCc1cc(Cl)ccc1C#N. The molecule has 0 heterocycles. The molecule has 0 aliphatic carbocycles. The van der Waals surface area contributed by atoms with Crippen LogP contribution in [0.1, 0.15) is 36.5 Å². The van der Waals surface area contributed by atoms with Crippen LogP contribution >= 0.6 is 11.6 Å². The quantitative estimate of drug-likeness (QED) is 0.679. The van der Waals surface area contributed by atoms with E-state index in [1.807, 2.05) is 30.3 Å². The third-order valence-corrected chi connectivity index (χ3v) is 4.83. The van der Waals surface area contributed by atoms with Crippen molar-refractivity contribution >= 4 is 23.3 Å². The van der Waals surface area contributed by atoms with Crippen molar-refractivity contribution in [2.45, 2.75) is 44.7 Å². The third kappa shape index (κ3) is 6.49. The number of hydrogen-bond acceptors (Lipinski definition) is 4. The van der Waals surface area contributed by atoms with Gasteiger partial charge in [0.05, 0.1) is 23.7 Å². The van der Waals surface area contributed by atoms with Gasteiger partial charge in [-0.05, 0) is 55.5 Å². The highest BCUT2D eigenvalue weighted by molar-refractivity contribution is 6.30. The molecule has 6 heteroatoms. The topological polar surface area (TPSA) is 96.0 Å². The summed E-state index contributed by atoms with van der Waals surface area (Å²) in [5.41, 5.74) is 8.30. The average Bonchev–Trinajstić information content (AvgIpc) is 2.70. The fourth-order valence-electron chi connectivity index (χ4n) is 2.85. The van der Waals surface area contributed by atoms with Gasteiger partial charge in [-0.25, -0.2) is 0 Å². The number of ketones is 1. The molecule has 0 saturated carbocycles. The monoisotopic (exact) mass is 397 g/mol. The fourth-order valence-corrected chi connectivity index (χ4v) is 3.05. The predicted molar refractivity (Wildman–Crippen MR) is 110 cm³/mol. The maximum absolute atomic E-state index is 12.4. The first kappa shape index (κ1) is 21.6. The second-order valence-corrected chi connectivity index (χ2v) is 7.18. The molecule has 0 aliphatic heterocycles. The van der Waals surface area contributed by atoms with Crippen LogP contribution in [0.15, 0.2) is 48.5 Å². The van der Waals surface area contributed by atoms with Crippen LogP contribution in [0.5, 0.6) is 0 Å². The molecular weight excluding hydrogens is 374 g/mol. The summed E-state index contributed by atoms with van der Waals surface area (Å²) in [7, 11) is 0. The van der Waals surface area contributed by atoms with E-state index in [0.717, 1.165) is 11.1 Å². The van der Waals surface area contributed by atoms with E-state index in [-0.39, 0.29) is 18.1 Å². The third-order valence-electron chi connectivity index (χ3n) is 4.59. The molecule has 0 unspecified atom stereocenters. The maximum atomic E-state index is 12.4. The number of halogens is 1. The van der Waals surface area contributed by atoms with Gasteiger partial charge >= 0.3 is 0 Å². The van der Waals surface area contributed by atoms with Crippen molar-refractivity contribution in [3.05, 3.63) is 70.2 Å². The standard InChI is InChI=1S/C22H24ClN3O2/c1-15(21(27)12-9-17-13-19(23)10-8-18(17)14-24)26-22(28)20(25)11-7-16-5-3-2-4-6-16/h2-6,8,10,13,15,20H,7,9,11-12,25H2,1H3,(H,26,28)/t15-,20+/m0/s1.